The van der Waals surface area contributed by atoms with Crippen molar-refractivity contribution in [3.63, 3.8) is 0 Å². The van der Waals surface area contributed by atoms with E-state index < -0.39 is 11.7 Å². The maximum atomic E-state index is 12.2. The maximum Gasteiger partial charge on any atom is 0.416 e. The number of benzene rings is 1. The minimum absolute atomic E-state index is 0.561. The van der Waals surface area contributed by atoms with Crippen molar-refractivity contribution in [2.45, 2.75) is 11.9 Å². The van der Waals surface area contributed by atoms with E-state index in [1.807, 2.05) is 0 Å². The van der Waals surface area contributed by atoms with Crippen LogP contribution in [0.3, 0.4) is 0 Å². The Morgan fingerprint density at radius 3 is 2.20 bits per heavy atom. The number of thioether (sulfide) groups is 1. The van der Waals surface area contributed by atoms with Gasteiger partial charge in [0.2, 0.25) is 0 Å². The summed E-state index contributed by atoms with van der Waals surface area (Å²) in [5.74, 6) is 2.07. The topological polar surface area (TPSA) is 0 Å². The summed E-state index contributed by atoms with van der Waals surface area (Å²) in [4.78, 5) is 0. The molecule has 0 bridgehead atoms. The quantitative estimate of drug-likeness (QED) is 0.574. The normalized spacial score (nSPS) is 11.7. The van der Waals surface area contributed by atoms with Crippen molar-refractivity contribution in [3.05, 3.63) is 35.4 Å². The Bertz CT molecular complexity index is 295. The molecule has 0 radical (unpaired) electrons. The Hall–Kier alpha value is -0.350. The Kier molecular flexibility index (Phi) is 4.80. The Labute approximate surface area is 95.8 Å². The van der Waals surface area contributed by atoms with Gasteiger partial charge < -0.3 is 0 Å². The summed E-state index contributed by atoms with van der Waals surface area (Å²) in [6.45, 7) is 0. The zero-order valence-corrected chi connectivity index (χ0v) is 9.42. The average Bonchev–Trinajstić information content (AvgIpc) is 2.18. The van der Waals surface area contributed by atoms with Crippen molar-refractivity contribution < 1.29 is 13.2 Å². The molecule has 0 aliphatic rings. The van der Waals surface area contributed by atoms with E-state index in [1.165, 1.54) is 12.1 Å². The minimum atomic E-state index is -4.25. The smallest absolute Gasteiger partial charge is 0.166 e. The highest BCUT2D eigenvalue weighted by molar-refractivity contribution is 7.98. The highest BCUT2D eigenvalue weighted by atomic mass is 35.5. The summed E-state index contributed by atoms with van der Waals surface area (Å²) in [6.07, 6.45) is -4.25. The zero-order chi connectivity index (χ0) is 11.3. The fraction of sp³-hybridized carbons (Fsp3) is 0.400. The molecule has 0 aromatic heterocycles. The van der Waals surface area contributed by atoms with Crippen molar-refractivity contribution in [1.82, 2.24) is 0 Å². The number of rotatable bonds is 4. The van der Waals surface area contributed by atoms with Crippen LogP contribution in [-0.4, -0.2) is 11.6 Å². The molecule has 0 heterocycles. The third-order valence-electron chi connectivity index (χ3n) is 1.77. The molecule has 0 amide bonds. The third kappa shape index (κ3) is 4.34. The summed E-state index contributed by atoms with van der Waals surface area (Å²) in [5, 5.41) is 0. The van der Waals surface area contributed by atoms with Gasteiger partial charge >= 0.3 is 6.18 Å². The second-order valence-corrected chi connectivity index (χ2v) is 4.42. The number of halogens is 4. The first-order valence-electron chi connectivity index (χ1n) is 4.34. The van der Waals surface area contributed by atoms with Gasteiger partial charge in [-0.05, 0) is 17.7 Å². The molecule has 1 aromatic carbocycles. The minimum Gasteiger partial charge on any atom is -0.166 e. The Morgan fingerprint density at radius 1 is 1.13 bits per heavy atom. The zero-order valence-electron chi connectivity index (χ0n) is 7.85. The molecule has 0 unspecified atom stereocenters. The van der Waals surface area contributed by atoms with Gasteiger partial charge in [0.25, 0.3) is 0 Å². The van der Waals surface area contributed by atoms with E-state index in [0.29, 0.717) is 11.6 Å². The molecule has 0 N–H and O–H groups in total. The highest BCUT2D eigenvalue weighted by Gasteiger charge is 2.29. The van der Waals surface area contributed by atoms with Crippen LogP contribution < -0.4 is 0 Å². The van der Waals surface area contributed by atoms with Gasteiger partial charge in [0.05, 0.1) is 5.56 Å². The number of hydrogen-bond donors (Lipinski definition) is 0. The summed E-state index contributed by atoms with van der Waals surface area (Å²) >= 11 is 7.09. The Balaban J connectivity index is 2.57. The van der Waals surface area contributed by atoms with E-state index in [1.54, 1.807) is 11.8 Å². The van der Waals surface area contributed by atoms with Crippen LogP contribution in [0.15, 0.2) is 24.3 Å². The lowest BCUT2D eigenvalue weighted by Gasteiger charge is -2.07. The van der Waals surface area contributed by atoms with Crippen LogP contribution in [0.25, 0.3) is 0 Å². The first kappa shape index (κ1) is 12.7. The standard InChI is InChI=1S/C10H10ClF3S/c11-5-6-15-7-8-1-3-9(4-2-8)10(12,13)14/h1-4H,5-7H2. The molecule has 0 saturated carbocycles. The predicted octanol–water partition coefficient (Wildman–Crippen LogP) is 4.18. The van der Waals surface area contributed by atoms with Gasteiger partial charge in [-0.25, -0.2) is 0 Å². The van der Waals surface area contributed by atoms with E-state index in [4.69, 9.17) is 11.6 Å². The molecule has 1 rings (SSSR count). The van der Waals surface area contributed by atoms with Crippen molar-refractivity contribution >= 4 is 23.4 Å². The fourth-order valence-corrected chi connectivity index (χ4v) is 2.04. The van der Waals surface area contributed by atoms with E-state index >= 15 is 0 Å². The Morgan fingerprint density at radius 2 is 1.73 bits per heavy atom. The first-order valence-corrected chi connectivity index (χ1v) is 6.03. The molecule has 0 fully saturated rings. The van der Waals surface area contributed by atoms with Gasteiger partial charge in [0.15, 0.2) is 0 Å². The molecule has 0 nitrogen and oxygen atoms in total. The number of hydrogen-bond acceptors (Lipinski definition) is 1. The molecule has 0 atom stereocenters. The third-order valence-corrected chi connectivity index (χ3v) is 3.21. The van der Waals surface area contributed by atoms with Gasteiger partial charge in [-0.15, -0.1) is 11.6 Å². The monoisotopic (exact) mass is 254 g/mol. The van der Waals surface area contributed by atoms with E-state index in [9.17, 15) is 13.2 Å². The molecule has 0 saturated heterocycles. The van der Waals surface area contributed by atoms with Crippen LogP contribution in [0.2, 0.25) is 0 Å². The second-order valence-electron chi connectivity index (χ2n) is 2.94. The summed E-state index contributed by atoms with van der Waals surface area (Å²) in [6, 6.07) is 5.22. The van der Waals surface area contributed by atoms with Crippen molar-refractivity contribution in [2.75, 3.05) is 11.6 Å². The molecular weight excluding hydrogens is 245 g/mol. The molecule has 0 aliphatic carbocycles. The SMILES string of the molecule is FC(F)(F)c1ccc(CSCCCl)cc1. The molecule has 0 spiro atoms. The van der Waals surface area contributed by atoms with Crippen LogP contribution in [0.1, 0.15) is 11.1 Å². The summed E-state index contributed by atoms with van der Waals surface area (Å²) in [5.41, 5.74) is 0.284. The lowest BCUT2D eigenvalue weighted by Crippen LogP contribution is -2.04. The molecule has 84 valence electrons. The van der Waals surface area contributed by atoms with Crippen molar-refractivity contribution in [1.29, 1.82) is 0 Å². The van der Waals surface area contributed by atoms with Gasteiger partial charge in [0.1, 0.15) is 0 Å². The maximum absolute atomic E-state index is 12.2. The molecule has 15 heavy (non-hydrogen) atoms. The summed E-state index contributed by atoms with van der Waals surface area (Å²) in [7, 11) is 0. The van der Waals surface area contributed by atoms with Crippen molar-refractivity contribution in [3.8, 4) is 0 Å². The van der Waals surface area contributed by atoms with Crippen LogP contribution in [0.5, 0.6) is 0 Å². The first-order chi connectivity index (χ1) is 7.04. The molecule has 1 aromatic rings. The fourth-order valence-electron chi connectivity index (χ4n) is 1.03. The van der Waals surface area contributed by atoms with Crippen LogP contribution in [-0.2, 0) is 11.9 Å². The summed E-state index contributed by atoms with van der Waals surface area (Å²) < 4.78 is 36.6. The predicted molar refractivity (Wildman–Crippen MR) is 58.3 cm³/mol. The lowest BCUT2D eigenvalue weighted by atomic mass is 10.1. The van der Waals surface area contributed by atoms with Gasteiger partial charge in [-0.2, -0.15) is 24.9 Å². The molecule has 5 heteroatoms. The largest absolute Gasteiger partial charge is 0.416 e. The highest BCUT2D eigenvalue weighted by Crippen LogP contribution is 2.29. The number of alkyl halides is 4. The van der Waals surface area contributed by atoms with E-state index in [2.05, 4.69) is 0 Å². The van der Waals surface area contributed by atoms with Gasteiger partial charge in [0, 0.05) is 17.4 Å². The van der Waals surface area contributed by atoms with Crippen LogP contribution in [0.4, 0.5) is 13.2 Å². The van der Waals surface area contributed by atoms with Crippen molar-refractivity contribution in [2.24, 2.45) is 0 Å². The van der Waals surface area contributed by atoms with Crippen LogP contribution >= 0.6 is 23.4 Å². The van der Waals surface area contributed by atoms with Crippen LogP contribution in [0, 0.1) is 0 Å². The van der Waals surface area contributed by atoms with Gasteiger partial charge in [-0.3, -0.25) is 0 Å². The molecular formula is C10H10ClF3S. The lowest BCUT2D eigenvalue weighted by molar-refractivity contribution is -0.137. The van der Waals surface area contributed by atoms with E-state index in [0.717, 1.165) is 23.4 Å². The molecule has 0 aliphatic heterocycles. The second kappa shape index (κ2) is 5.66. The van der Waals surface area contributed by atoms with E-state index in [-0.39, 0.29) is 0 Å². The van der Waals surface area contributed by atoms with Gasteiger partial charge in [-0.1, -0.05) is 12.1 Å². The average molecular weight is 255 g/mol.